The number of benzene rings is 1. The number of aliphatic carboxylic acids is 1. The van der Waals surface area contributed by atoms with E-state index in [2.05, 4.69) is 4.98 Å². The van der Waals surface area contributed by atoms with E-state index in [1.807, 2.05) is 13.0 Å². The van der Waals surface area contributed by atoms with E-state index in [0.29, 0.717) is 10.9 Å². The Labute approximate surface area is 101 Å². The van der Waals surface area contributed by atoms with Gasteiger partial charge in [0.05, 0.1) is 10.9 Å². The lowest BCUT2D eigenvalue weighted by atomic mass is 10.1. The molecule has 0 radical (unpaired) electrons. The highest BCUT2D eigenvalue weighted by Gasteiger charge is 2.12. The maximum Gasteiger partial charge on any atom is 0.323 e. The van der Waals surface area contributed by atoms with Crippen LogP contribution in [0.3, 0.4) is 0 Å². The van der Waals surface area contributed by atoms with Crippen LogP contribution in [0.4, 0.5) is 0 Å². The predicted molar refractivity (Wildman–Crippen MR) is 63.4 cm³/mol. The molecular weight excluding hydrogens is 244 g/mol. The molecule has 6 heteroatoms. The summed E-state index contributed by atoms with van der Waals surface area (Å²) in [5.74, 6) is -1.14. The average Bonchev–Trinajstić information content (AvgIpc) is 2.26. The smallest absolute Gasteiger partial charge is 0.323 e. The van der Waals surface area contributed by atoms with E-state index in [1.54, 1.807) is 12.1 Å². The van der Waals surface area contributed by atoms with Crippen LogP contribution in [0.5, 0.6) is 0 Å². The first kappa shape index (κ1) is 11.6. The fraction of sp³-hybridized carbons (Fsp3) is 0.182. The zero-order valence-electron chi connectivity index (χ0n) is 8.98. The third-order valence-electron chi connectivity index (χ3n) is 2.43. The minimum Gasteiger partial charge on any atom is -0.480 e. The van der Waals surface area contributed by atoms with Crippen LogP contribution in [-0.4, -0.2) is 20.6 Å². The van der Waals surface area contributed by atoms with E-state index in [0.717, 1.165) is 10.1 Å². The van der Waals surface area contributed by atoms with Gasteiger partial charge in [-0.2, -0.15) is 0 Å². The number of para-hydroxylation sites is 1. The van der Waals surface area contributed by atoms with Gasteiger partial charge in [-0.15, -0.1) is 0 Å². The summed E-state index contributed by atoms with van der Waals surface area (Å²) in [6, 6.07) is 5.14. The molecule has 0 amide bonds. The molecule has 17 heavy (non-hydrogen) atoms. The third-order valence-corrected chi connectivity index (χ3v) is 2.72. The van der Waals surface area contributed by atoms with Crippen molar-refractivity contribution < 1.29 is 9.90 Å². The second kappa shape index (κ2) is 4.18. The molecule has 0 spiro atoms. The van der Waals surface area contributed by atoms with Crippen molar-refractivity contribution in [3.05, 3.63) is 39.4 Å². The first-order chi connectivity index (χ1) is 8.00. The maximum absolute atomic E-state index is 12.0. The molecule has 0 saturated carbocycles. The maximum atomic E-state index is 12.0. The topological polar surface area (TPSA) is 72.2 Å². The zero-order valence-corrected chi connectivity index (χ0v) is 9.73. The first-order valence-electron chi connectivity index (χ1n) is 4.88. The highest BCUT2D eigenvalue weighted by molar-refractivity contribution is 6.28. The SMILES string of the molecule is Cc1cccc2c(=O)n(CC(=O)O)c(Cl)nc12. The molecule has 0 aliphatic rings. The molecular formula is C11H9ClN2O3. The van der Waals surface area contributed by atoms with Gasteiger partial charge in [0.25, 0.3) is 5.56 Å². The molecule has 1 heterocycles. The summed E-state index contributed by atoms with van der Waals surface area (Å²) in [6.45, 7) is 1.32. The molecule has 88 valence electrons. The normalized spacial score (nSPS) is 10.7. The Morgan fingerprint density at radius 2 is 2.24 bits per heavy atom. The Hall–Kier alpha value is -1.88. The Morgan fingerprint density at radius 1 is 1.53 bits per heavy atom. The van der Waals surface area contributed by atoms with Crippen LogP contribution in [0.25, 0.3) is 10.9 Å². The van der Waals surface area contributed by atoms with Gasteiger partial charge in [-0.05, 0) is 30.2 Å². The molecule has 0 atom stereocenters. The number of nitrogens with zero attached hydrogens (tertiary/aromatic N) is 2. The van der Waals surface area contributed by atoms with E-state index in [9.17, 15) is 9.59 Å². The summed E-state index contributed by atoms with van der Waals surface area (Å²) in [4.78, 5) is 26.7. The van der Waals surface area contributed by atoms with E-state index in [-0.39, 0.29) is 5.28 Å². The fourth-order valence-corrected chi connectivity index (χ4v) is 1.86. The van der Waals surface area contributed by atoms with E-state index < -0.39 is 18.1 Å². The summed E-state index contributed by atoms with van der Waals surface area (Å²) in [5.41, 5.74) is 0.888. The number of carboxylic acid groups (broad SMARTS) is 1. The largest absolute Gasteiger partial charge is 0.480 e. The van der Waals surface area contributed by atoms with Crippen molar-refractivity contribution in [2.24, 2.45) is 0 Å². The van der Waals surface area contributed by atoms with Crippen molar-refractivity contribution in [2.75, 3.05) is 0 Å². The number of halogens is 1. The Bertz CT molecular complexity index is 664. The molecule has 5 nitrogen and oxygen atoms in total. The lowest BCUT2D eigenvalue weighted by Gasteiger charge is -2.07. The second-order valence-electron chi connectivity index (χ2n) is 3.64. The molecule has 0 aliphatic carbocycles. The number of hydrogen-bond acceptors (Lipinski definition) is 3. The van der Waals surface area contributed by atoms with Gasteiger partial charge in [0.15, 0.2) is 0 Å². The molecule has 0 fully saturated rings. The number of carboxylic acids is 1. The molecule has 2 rings (SSSR count). The Morgan fingerprint density at radius 3 is 2.88 bits per heavy atom. The number of carbonyl (C=O) groups is 1. The number of fused-ring (bicyclic) bond motifs is 1. The van der Waals surface area contributed by atoms with Crippen molar-refractivity contribution in [2.45, 2.75) is 13.5 Å². The van der Waals surface area contributed by atoms with Crippen molar-refractivity contribution in [3.8, 4) is 0 Å². The first-order valence-corrected chi connectivity index (χ1v) is 5.26. The summed E-state index contributed by atoms with van der Waals surface area (Å²) in [6.07, 6.45) is 0. The molecule has 1 N–H and O–H groups in total. The summed E-state index contributed by atoms with van der Waals surface area (Å²) in [5, 5.41) is 8.96. The molecule has 0 unspecified atom stereocenters. The van der Waals surface area contributed by atoms with Crippen molar-refractivity contribution in [1.82, 2.24) is 9.55 Å². The van der Waals surface area contributed by atoms with Crippen LogP contribution in [0.1, 0.15) is 5.56 Å². The number of aryl methyl sites for hydroxylation is 1. The lowest BCUT2D eigenvalue weighted by Crippen LogP contribution is -2.26. The monoisotopic (exact) mass is 252 g/mol. The number of hydrogen-bond donors (Lipinski definition) is 1. The van der Waals surface area contributed by atoms with Gasteiger partial charge in [0, 0.05) is 0 Å². The van der Waals surface area contributed by atoms with Crippen LogP contribution in [0.15, 0.2) is 23.0 Å². The minimum atomic E-state index is -1.14. The van der Waals surface area contributed by atoms with E-state index in [1.165, 1.54) is 0 Å². The van der Waals surface area contributed by atoms with Crippen LogP contribution in [-0.2, 0) is 11.3 Å². The van der Waals surface area contributed by atoms with Crippen LogP contribution >= 0.6 is 11.6 Å². The minimum absolute atomic E-state index is 0.112. The predicted octanol–water partition coefficient (Wildman–Crippen LogP) is 1.44. The molecule has 1 aromatic carbocycles. The van der Waals surface area contributed by atoms with Gasteiger partial charge < -0.3 is 5.11 Å². The highest BCUT2D eigenvalue weighted by atomic mass is 35.5. The van der Waals surface area contributed by atoms with E-state index >= 15 is 0 Å². The second-order valence-corrected chi connectivity index (χ2v) is 3.98. The standard InChI is InChI=1S/C11H9ClN2O3/c1-6-3-2-4-7-9(6)13-11(12)14(10(7)17)5-8(15)16/h2-4H,5H2,1H3,(H,15,16). The van der Waals surface area contributed by atoms with Gasteiger partial charge in [0.2, 0.25) is 5.28 Å². The zero-order chi connectivity index (χ0) is 12.6. The number of aromatic nitrogens is 2. The molecule has 1 aromatic heterocycles. The van der Waals surface area contributed by atoms with Gasteiger partial charge in [-0.3, -0.25) is 14.2 Å². The van der Waals surface area contributed by atoms with Gasteiger partial charge in [-0.25, -0.2) is 4.98 Å². The number of rotatable bonds is 2. The summed E-state index contributed by atoms with van der Waals surface area (Å²) in [7, 11) is 0. The quantitative estimate of drug-likeness (QED) is 0.821. The van der Waals surface area contributed by atoms with Gasteiger partial charge in [0.1, 0.15) is 6.54 Å². The summed E-state index contributed by atoms with van der Waals surface area (Å²) >= 11 is 5.81. The Balaban J connectivity index is 2.81. The lowest BCUT2D eigenvalue weighted by molar-refractivity contribution is -0.137. The van der Waals surface area contributed by atoms with E-state index in [4.69, 9.17) is 16.7 Å². The third kappa shape index (κ3) is 2.01. The molecule has 0 aliphatic heterocycles. The van der Waals surface area contributed by atoms with Crippen molar-refractivity contribution in [1.29, 1.82) is 0 Å². The summed E-state index contributed by atoms with van der Waals surface area (Å²) < 4.78 is 0.936. The van der Waals surface area contributed by atoms with Crippen LogP contribution in [0, 0.1) is 6.92 Å². The fourth-order valence-electron chi connectivity index (χ4n) is 1.63. The van der Waals surface area contributed by atoms with Crippen LogP contribution < -0.4 is 5.56 Å². The van der Waals surface area contributed by atoms with Crippen molar-refractivity contribution >= 4 is 28.5 Å². The van der Waals surface area contributed by atoms with Gasteiger partial charge >= 0.3 is 5.97 Å². The molecule has 2 aromatic rings. The van der Waals surface area contributed by atoms with Crippen molar-refractivity contribution in [3.63, 3.8) is 0 Å². The molecule has 0 bridgehead atoms. The molecule has 0 saturated heterocycles. The highest BCUT2D eigenvalue weighted by Crippen LogP contribution is 2.15. The average molecular weight is 253 g/mol. The van der Waals surface area contributed by atoms with Gasteiger partial charge in [-0.1, -0.05) is 12.1 Å². The Kier molecular flexibility index (Phi) is 2.85. The van der Waals surface area contributed by atoms with Crippen LogP contribution in [0.2, 0.25) is 5.28 Å².